The van der Waals surface area contributed by atoms with E-state index in [1.807, 2.05) is 0 Å². The summed E-state index contributed by atoms with van der Waals surface area (Å²) >= 11 is 1.24. The molecule has 0 aromatic carbocycles. The highest BCUT2D eigenvalue weighted by molar-refractivity contribution is 7.10. The van der Waals surface area contributed by atoms with Crippen molar-refractivity contribution >= 4 is 29.1 Å². The van der Waals surface area contributed by atoms with Gasteiger partial charge in [0.05, 0.1) is 6.61 Å². The maximum atomic E-state index is 12.7. The van der Waals surface area contributed by atoms with Crippen LogP contribution in [0, 0.1) is 17.8 Å². The Morgan fingerprint density at radius 2 is 2.04 bits per heavy atom. The standard InChI is InChI=1S/C18H24N4O3S/c1-2-15-20-14(12-26-15)21-17(25)19-13(11-23)16(24)22-9-7-18(8-10-22)5-3-4-6-18/h1,12-13,23H,3-11H2,(H2,19,21,25). The molecule has 1 aromatic heterocycles. The molecule has 2 heterocycles. The van der Waals surface area contributed by atoms with Crippen LogP contribution in [0.3, 0.4) is 0 Å². The van der Waals surface area contributed by atoms with Gasteiger partial charge < -0.3 is 15.3 Å². The summed E-state index contributed by atoms with van der Waals surface area (Å²) < 4.78 is 0. The number of urea groups is 1. The van der Waals surface area contributed by atoms with Gasteiger partial charge in [-0.1, -0.05) is 12.8 Å². The Morgan fingerprint density at radius 1 is 1.35 bits per heavy atom. The third kappa shape index (κ3) is 4.17. The summed E-state index contributed by atoms with van der Waals surface area (Å²) in [5.74, 6) is 2.48. The number of terminal acetylenes is 1. The molecule has 1 saturated carbocycles. The summed E-state index contributed by atoms with van der Waals surface area (Å²) in [6, 6.07) is -1.55. The van der Waals surface area contributed by atoms with Gasteiger partial charge in [0.1, 0.15) is 11.9 Å². The molecular formula is C18H24N4O3S. The lowest BCUT2D eigenvalue weighted by Gasteiger charge is -2.40. The van der Waals surface area contributed by atoms with E-state index in [0.29, 0.717) is 29.3 Å². The molecule has 1 atom stereocenters. The molecule has 1 aromatic rings. The third-order valence-electron chi connectivity index (χ3n) is 5.46. The molecule has 1 aliphatic heterocycles. The summed E-state index contributed by atoms with van der Waals surface area (Å²) in [5.41, 5.74) is 0.412. The van der Waals surface area contributed by atoms with Crippen LogP contribution in [0.25, 0.3) is 0 Å². The van der Waals surface area contributed by atoms with Crippen molar-refractivity contribution in [2.24, 2.45) is 5.41 Å². The topological polar surface area (TPSA) is 94.6 Å². The fraction of sp³-hybridized carbons (Fsp3) is 0.611. The largest absolute Gasteiger partial charge is 0.394 e. The van der Waals surface area contributed by atoms with E-state index >= 15 is 0 Å². The first-order valence-corrected chi connectivity index (χ1v) is 9.82. The number of carbonyl (C=O) groups is 2. The highest BCUT2D eigenvalue weighted by Crippen LogP contribution is 2.46. The number of likely N-dealkylation sites (tertiary alicyclic amines) is 1. The average molecular weight is 376 g/mol. The van der Waals surface area contributed by atoms with Gasteiger partial charge in [-0.15, -0.1) is 17.8 Å². The zero-order valence-electron chi connectivity index (χ0n) is 14.7. The molecule has 3 rings (SSSR count). The number of piperidine rings is 1. The lowest BCUT2D eigenvalue weighted by molar-refractivity contribution is -0.136. The van der Waals surface area contributed by atoms with E-state index in [2.05, 4.69) is 21.5 Å². The van der Waals surface area contributed by atoms with Gasteiger partial charge in [-0.05, 0) is 37.0 Å². The molecule has 2 aliphatic rings. The van der Waals surface area contributed by atoms with E-state index in [4.69, 9.17) is 6.42 Å². The third-order valence-corrected chi connectivity index (χ3v) is 6.23. The van der Waals surface area contributed by atoms with E-state index in [1.54, 1.807) is 10.3 Å². The normalized spacial score (nSPS) is 19.8. The van der Waals surface area contributed by atoms with Crippen molar-refractivity contribution in [2.75, 3.05) is 25.0 Å². The SMILES string of the molecule is C#Cc1nc(NC(=O)NC(CO)C(=O)N2CCC3(CCCC3)CC2)cs1. The number of thiazole rings is 1. The number of hydrogen-bond acceptors (Lipinski definition) is 5. The number of aliphatic hydroxyl groups excluding tert-OH is 1. The molecule has 1 saturated heterocycles. The van der Waals surface area contributed by atoms with Gasteiger partial charge in [0, 0.05) is 18.5 Å². The van der Waals surface area contributed by atoms with Gasteiger partial charge in [0.2, 0.25) is 5.91 Å². The minimum atomic E-state index is -0.960. The van der Waals surface area contributed by atoms with E-state index in [1.165, 1.54) is 37.0 Å². The van der Waals surface area contributed by atoms with Crippen molar-refractivity contribution in [1.82, 2.24) is 15.2 Å². The minimum absolute atomic E-state index is 0.238. The van der Waals surface area contributed by atoms with Gasteiger partial charge in [0.25, 0.3) is 0 Å². The molecular weight excluding hydrogens is 352 g/mol. The molecule has 140 valence electrons. The Labute approximate surface area is 157 Å². The second-order valence-electron chi connectivity index (χ2n) is 7.05. The van der Waals surface area contributed by atoms with Crippen LogP contribution in [0.1, 0.15) is 43.5 Å². The fourth-order valence-electron chi connectivity index (χ4n) is 3.94. The summed E-state index contributed by atoms with van der Waals surface area (Å²) in [7, 11) is 0. The Hall–Kier alpha value is -2.11. The molecule has 1 aliphatic carbocycles. The number of rotatable bonds is 4. The zero-order valence-corrected chi connectivity index (χ0v) is 15.5. The first-order chi connectivity index (χ1) is 12.5. The van der Waals surface area contributed by atoms with Gasteiger partial charge in [-0.25, -0.2) is 9.78 Å². The second-order valence-corrected chi connectivity index (χ2v) is 7.91. The smallest absolute Gasteiger partial charge is 0.321 e. The van der Waals surface area contributed by atoms with Gasteiger partial charge in [0.15, 0.2) is 5.01 Å². The highest BCUT2D eigenvalue weighted by atomic mass is 32.1. The summed E-state index contributed by atoms with van der Waals surface area (Å²) in [4.78, 5) is 30.5. The Bertz CT molecular complexity index is 696. The molecule has 8 heteroatoms. The molecule has 3 amide bonds. The Balaban J connectivity index is 1.52. The van der Waals surface area contributed by atoms with Gasteiger partial charge in [-0.2, -0.15) is 0 Å². The van der Waals surface area contributed by atoms with E-state index in [9.17, 15) is 14.7 Å². The number of nitrogens with one attached hydrogen (secondary N) is 2. The lowest BCUT2D eigenvalue weighted by atomic mass is 9.77. The number of amides is 3. The van der Waals surface area contributed by atoms with Crippen LogP contribution in [0.2, 0.25) is 0 Å². The van der Waals surface area contributed by atoms with Crippen LogP contribution in [-0.2, 0) is 4.79 Å². The highest BCUT2D eigenvalue weighted by Gasteiger charge is 2.39. The number of nitrogens with zero attached hydrogens (tertiary/aromatic N) is 2. The van der Waals surface area contributed by atoms with Crippen LogP contribution in [0.5, 0.6) is 0 Å². The molecule has 1 unspecified atom stereocenters. The molecule has 3 N–H and O–H groups in total. The van der Waals surface area contributed by atoms with Crippen LogP contribution in [-0.4, -0.2) is 52.7 Å². The number of aromatic nitrogens is 1. The van der Waals surface area contributed by atoms with Crippen molar-refractivity contribution in [2.45, 2.75) is 44.6 Å². The van der Waals surface area contributed by atoms with Gasteiger partial charge in [-0.3, -0.25) is 10.1 Å². The molecule has 0 bridgehead atoms. The minimum Gasteiger partial charge on any atom is -0.394 e. The van der Waals surface area contributed by atoms with Gasteiger partial charge >= 0.3 is 6.03 Å². The predicted molar refractivity (Wildman–Crippen MR) is 99.8 cm³/mol. The first-order valence-electron chi connectivity index (χ1n) is 8.94. The predicted octanol–water partition coefficient (Wildman–Crippen LogP) is 1.79. The molecule has 2 fully saturated rings. The molecule has 1 spiro atoms. The van der Waals surface area contributed by atoms with E-state index in [0.717, 1.165) is 12.8 Å². The van der Waals surface area contributed by atoms with Crippen molar-refractivity contribution in [3.8, 4) is 12.3 Å². The van der Waals surface area contributed by atoms with Crippen molar-refractivity contribution < 1.29 is 14.7 Å². The fourth-order valence-corrected chi connectivity index (χ4v) is 4.49. The van der Waals surface area contributed by atoms with Crippen LogP contribution in [0.4, 0.5) is 10.6 Å². The number of hydrogen-bond donors (Lipinski definition) is 3. The summed E-state index contributed by atoms with van der Waals surface area (Å²) in [6.45, 7) is 0.938. The monoisotopic (exact) mass is 376 g/mol. The van der Waals surface area contributed by atoms with Crippen molar-refractivity contribution in [3.05, 3.63) is 10.4 Å². The molecule has 26 heavy (non-hydrogen) atoms. The summed E-state index contributed by atoms with van der Waals surface area (Å²) in [6.07, 6.45) is 12.4. The van der Waals surface area contributed by atoms with Crippen LogP contribution in [0.15, 0.2) is 5.38 Å². The number of anilines is 1. The van der Waals surface area contributed by atoms with Crippen molar-refractivity contribution in [1.29, 1.82) is 0 Å². The zero-order chi connectivity index (χ0) is 18.6. The van der Waals surface area contributed by atoms with Crippen LogP contribution < -0.4 is 10.6 Å². The summed E-state index contributed by atoms with van der Waals surface area (Å²) in [5, 5.41) is 16.7. The van der Waals surface area contributed by atoms with Crippen LogP contribution >= 0.6 is 11.3 Å². The van der Waals surface area contributed by atoms with E-state index in [-0.39, 0.29) is 5.91 Å². The lowest BCUT2D eigenvalue weighted by Crippen LogP contribution is -2.54. The quantitative estimate of drug-likeness (QED) is 0.698. The average Bonchev–Trinajstić information content (AvgIpc) is 3.29. The Morgan fingerprint density at radius 3 is 2.62 bits per heavy atom. The first kappa shape index (κ1) is 18.7. The second kappa shape index (κ2) is 8.06. The van der Waals surface area contributed by atoms with Crippen molar-refractivity contribution in [3.63, 3.8) is 0 Å². The molecule has 0 radical (unpaired) electrons. The maximum absolute atomic E-state index is 12.7. The maximum Gasteiger partial charge on any atom is 0.321 e. The molecule has 7 nitrogen and oxygen atoms in total. The number of carbonyl (C=O) groups excluding carboxylic acids is 2. The number of aliphatic hydroxyl groups is 1. The Kier molecular flexibility index (Phi) is 5.79. The van der Waals surface area contributed by atoms with E-state index < -0.39 is 18.7 Å².